The highest BCUT2D eigenvalue weighted by Gasteiger charge is 2.32. The molecule has 0 saturated carbocycles. The van der Waals surface area contributed by atoms with E-state index in [2.05, 4.69) is 9.99 Å². The summed E-state index contributed by atoms with van der Waals surface area (Å²) in [5.74, 6) is 0. The number of nitrogens with zero attached hydrogens (tertiary/aromatic N) is 1. The second-order valence-corrected chi connectivity index (χ2v) is 3.21. The van der Waals surface area contributed by atoms with Gasteiger partial charge in [-0.3, -0.25) is 0 Å². The Morgan fingerprint density at radius 2 is 1.67 bits per heavy atom. The lowest BCUT2D eigenvalue weighted by molar-refractivity contribution is -0.173. The van der Waals surface area contributed by atoms with E-state index in [4.69, 9.17) is 0 Å². The number of halogens is 6. The van der Waals surface area contributed by atoms with E-state index in [0.29, 0.717) is 6.21 Å². The van der Waals surface area contributed by atoms with Gasteiger partial charge in [0.2, 0.25) is 6.61 Å². The molecule has 0 aliphatic rings. The van der Waals surface area contributed by atoms with Crippen LogP contribution in [0.3, 0.4) is 0 Å². The highest BCUT2D eigenvalue weighted by atomic mass is 19.4. The minimum absolute atomic E-state index is 0.368. The van der Waals surface area contributed by atoms with Crippen LogP contribution in [0.25, 0.3) is 0 Å². The van der Waals surface area contributed by atoms with Crippen molar-refractivity contribution in [3.8, 4) is 0 Å². The number of hydrogen-bond acceptors (Lipinski definition) is 2. The Kier molecular flexibility index (Phi) is 4.20. The Morgan fingerprint density at radius 1 is 1.06 bits per heavy atom. The van der Waals surface area contributed by atoms with E-state index < -0.39 is 24.5 Å². The van der Waals surface area contributed by atoms with Gasteiger partial charge in [-0.25, -0.2) is 0 Å². The fraction of sp³-hybridized carbons (Fsp3) is 0.300. The average molecular weight is 271 g/mol. The van der Waals surface area contributed by atoms with E-state index in [-0.39, 0.29) is 5.56 Å². The number of oxime groups is 1. The first-order chi connectivity index (χ1) is 8.20. The molecule has 0 radical (unpaired) electrons. The Balaban J connectivity index is 2.76. The van der Waals surface area contributed by atoms with E-state index in [1.165, 1.54) is 6.07 Å². The van der Waals surface area contributed by atoms with Gasteiger partial charge >= 0.3 is 12.4 Å². The van der Waals surface area contributed by atoms with Gasteiger partial charge in [-0.05, 0) is 6.07 Å². The highest BCUT2D eigenvalue weighted by Crippen LogP contribution is 2.31. The second kappa shape index (κ2) is 5.28. The summed E-state index contributed by atoms with van der Waals surface area (Å²) >= 11 is 0. The van der Waals surface area contributed by atoms with E-state index in [0.717, 1.165) is 18.2 Å². The van der Waals surface area contributed by atoms with Crippen molar-refractivity contribution >= 4 is 6.21 Å². The van der Waals surface area contributed by atoms with Crippen LogP contribution in [0.1, 0.15) is 11.1 Å². The standard InChI is InChI=1S/C10H7F6NO/c11-9(12,13)6-18-17-5-7-3-1-2-4-8(7)10(14,15)16/h1-5H,6H2. The molecule has 0 fully saturated rings. The molecule has 2 nitrogen and oxygen atoms in total. The molecule has 18 heavy (non-hydrogen) atoms. The Morgan fingerprint density at radius 3 is 2.22 bits per heavy atom. The molecule has 0 heterocycles. The van der Waals surface area contributed by atoms with Crippen LogP contribution in [-0.2, 0) is 11.0 Å². The van der Waals surface area contributed by atoms with Crippen LogP contribution in [0.15, 0.2) is 29.4 Å². The normalized spacial score (nSPS) is 13.0. The highest BCUT2D eigenvalue weighted by molar-refractivity contribution is 5.81. The maximum atomic E-state index is 12.5. The van der Waals surface area contributed by atoms with Crippen molar-refractivity contribution in [1.82, 2.24) is 0 Å². The molecule has 1 aromatic rings. The molecule has 8 heteroatoms. The van der Waals surface area contributed by atoms with Crippen molar-refractivity contribution in [3.05, 3.63) is 35.4 Å². The maximum Gasteiger partial charge on any atom is 0.425 e. The third-order valence-electron chi connectivity index (χ3n) is 1.76. The van der Waals surface area contributed by atoms with E-state index >= 15 is 0 Å². The predicted octanol–water partition coefficient (Wildman–Crippen LogP) is 3.62. The second-order valence-electron chi connectivity index (χ2n) is 3.21. The molecular formula is C10H7F6NO. The monoisotopic (exact) mass is 271 g/mol. The molecule has 0 aliphatic carbocycles. The van der Waals surface area contributed by atoms with Gasteiger partial charge in [-0.1, -0.05) is 23.4 Å². The Labute approximate surface area is 97.8 Å². The maximum absolute atomic E-state index is 12.5. The fourth-order valence-electron chi connectivity index (χ4n) is 1.07. The number of hydrogen-bond donors (Lipinski definition) is 0. The predicted molar refractivity (Wildman–Crippen MR) is 51.0 cm³/mol. The van der Waals surface area contributed by atoms with Crippen LogP contribution in [0.2, 0.25) is 0 Å². The molecule has 0 amide bonds. The molecule has 100 valence electrons. The van der Waals surface area contributed by atoms with E-state index in [1.54, 1.807) is 0 Å². The summed E-state index contributed by atoms with van der Waals surface area (Å²) in [5, 5.41) is 2.86. The topological polar surface area (TPSA) is 21.6 Å². The zero-order valence-corrected chi connectivity index (χ0v) is 8.72. The van der Waals surface area contributed by atoms with Crippen molar-refractivity contribution in [3.63, 3.8) is 0 Å². The molecule has 0 atom stereocenters. The van der Waals surface area contributed by atoms with Crippen LogP contribution in [0.4, 0.5) is 26.3 Å². The van der Waals surface area contributed by atoms with Crippen LogP contribution in [0.5, 0.6) is 0 Å². The van der Waals surface area contributed by atoms with Gasteiger partial charge in [0, 0.05) is 5.56 Å². The Hall–Kier alpha value is -1.73. The first kappa shape index (κ1) is 14.3. The third kappa shape index (κ3) is 4.64. The molecule has 1 rings (SSSR count). The Bertz CT molecular complexity index is 423. The average Bonchev–Trinajstić information content (AvgIpc) is 2.22. The summed E-state index contributed by atoms with van der Waals surface area (Å²) < 4.78 is 72.4. The van der Waals surface area contributed by atoms with Crippen LogP contribution < -0.4 is 0 Å². The first-order valence-electron chi connectivity index (χ1n) is 4.58. The van der Waals surface area contributed by atoms with Crippen molar-refractivity contribution in [1.29, 1.82) is 0 Å². The lowest BCUT2D eigenvalue weighted by Crippen LogP contribution is -2.15. The minimum atomic E-state index is -4.60. The van der Waals surface area contributed by atoms with Gasteiger partial charge in [0.05, 0.1) is 11.8 Å². The van der Waals surface area contributed by atoms with Crippen molar-refractivity contribution < 1.29 is 31.2 Å². The van der Waals surface area contributed by atoms with E-state index in [9.17, 15) is 26.3 Å². The van der Waals surface area contributed by atoms with Crippen LogP contribution in [-0.4, -0.2) is 19.0 Å². The lowest BCUT2D eigenvalue weighted by atomic mass is 10.1. The summed E-state index contributed by atoms with van der Waals surface area (Å²) in [6, 6.07) is 4.34. The van der Waals surface area contributed by atoms with Gasteiger partial charge in [-0.15, -0.1) is 0 Å². The number of rotatable bonds is 3. The van der Waals surface area contributed by atoms with Gasteiger partial charge in [-0.2, -0.15) is 26.3 Å². The van der Waals surface area contributed by atoms with Crippen molar-refractivity contribution in [2.75, 3.05) is 6.61 Å². The van der Waals surface area contributed by atoms with Crippen LogP contribution in [0, 0.1) is 0 Å². The summed E-state index contributed by atoms with van der Waals surface area (Å²) in [6.45, 7) is -1.66. The summed E-state index contributed by atoms with van der Waals surface area (Å²) in [6.07, 6.45) is -8.60. The smallest absolute Gasteiger partial charge is 0.386 e. The quantitative estimate of drug-likeness (QED) is 0.467. The molecule has 0 bridgehead atoms. The minimum Gasteiger partial charge on any atom is -0.386 e. The van der Waals surface area contributed by atoms with Gasteiger partial charge in [0.1, 0.15) is 0 Å². The lowest BCUT2D eigenvalue weighted by Gasteiger charge is -2.09. The summed E-state index contributed by atoms with van der Waals surface area (Å²) in [4.78, 5) is 3.85. The molecule has 0 unspecified atom stereocenters. The largest absolute Gasteiger partial charge is 0.425 e. The van der Waals surface area contributed by atoms with Gasteiger partial charge in [0.25, 0.3) is 0 Å². The molecule has 0 aromatic heterocycles. The number of alkyl halides is 6. The summed E-state index contributed by atoms with van der Waals surface area (Å²) in [5.41, 5.74) is -1.36. The van der Waals surface area contributed by atoms with Gasteiger partial charge < -0.3 is 4.84 Å². The molecule has 0 saturated heterocycles. The zero-order chi connectivity index (χ0) is 13.8. The van der Waals surface area contributed by atoms with Crippen LogP contribution >= 0.6 is 0 Å². The van der Waals surface area contributed by atoms with Crippen molar-refractivity contribution in [2.45, 2.75) is 12.4 Å². The SMILES string of the molecule is FC(F)(F)CON=Cc1ccccc1C(F)(F)F. The van der Waals surface area contributed by atoms with E-state index in [1.807, 2.05) is 0 Å². The van der Waals surface area contributed by atoms with Gasteiger partial charge in [0.15, 0.2) is 0 Å². The fourth-order valence-corrected chi connectivity index (χ4v) is 1.07. The molecular weight excluding hydrogens is 264 g/mol. The third-order valence-corrected chi connectivity index (χ3v) is 1.76. The molecule has 0 spiro atoms. The molecule has 0 N–H and O–H groups in total. The van der Waals surface area contributed by atoms with Crippen molar-refractivity contribution in [2.24, 2.45) is 5.16 Å². The number of benzene rings is 1. The first-order valence-corrected chi connectivity index (χ1v) is 4.58. The molecule has 1 aromatic carbocycles. The zero-order valence-electron chi connectivity index (χ0n) is 8.72. The molecule has 0 aliphatic heterocycles. The summed E-state index contributed by atoms with van der Waals surface area (Å²) in [7, 11) is 0.